The first kappa shape index (κ1) is 15.8. The zero-order chi connectivity index (χ0) is 15.4. The van der Waals surface area contributed by atoms with Crippen molar-refractivity contribution in [3.05, 3.63) is 35.1 Å². The Bertz CT molecular complexity index is 516. The van der Waals surface area contributed by atoms with Crippen LogP contribution in [0, 0.1) is 23.4 Å². The Labute approximate surface area is 122 Å². The lowest BCUT2D eigenvalue weighted by atomic mass is 9.97. The van der Waals surface area contributed by atoms with Crippen LogP contribution in [0.4, 0.5) is 13.2 Å². The standard InChI is InChI=1S/C15H19F3N2O/c1-2-20(9-10-5-7-19-8-6-10)15(21)11-3-4-12(16)14(18)13(11)17/h3-4,10,19H,2,5-9H2,1H3. The minimum Gasteiger partial charge on any atom is -0.339 e. The quantitative estimate of drug-likeness (QED) is 0.867. The lowest BCUT2D eigenvalue weighted by molar-refractivity contribution is 0.0720. The molecule has 3 nitrogen and oxygen atoms in total. The van der Waals surface area contributed by atoms with Crippen LogP contribution in [0.1, 0.15) is 30.1 Å². The van der Waals surface area contributed by atoms with E-state index in [0.717, 1.165) is 38.1 Å². The first-order chi connectivity index (χ1) is 10.0. The Kier molecular flexibility index (Phi) is 5.22. The number of carbonyl (C=O) groups is 1. The summed E-state index contributed by atoms with van der Waals surface area (Å²) < 4.78 is 39.9. The highest BCUT2D eigenvalue weighted by atomic mass is 19.2. The van der Waals surface area contributed by atoms with E-state index in [1.54, 1.807) is 6.92 Å². The fraction of sp³-hybridized carbons (Fsp3) is 0.533. The van der Waals surface area contributed by atoms with E-state index >= 15 is 0 Å². The number of halogens is 3. The van der Waals surface area contributed by atoms with Gasteiger partial charge < -0.3 is 10.2 Å². The molecule has 0 saturated carbocycles. The summed E-state index contributed by atoms with van der Waals surface area (Å²) in [6, 6.07) is 1.78. The van der Waals surface area contributed by atoms with Gasteiger partial charge in [-0.25, -0.2) is 13.2 Å². The first-order valence-electron chi connectivity index (χ1n) is 7.18. The molecule has 1 fully saturated rings. The summed E-state index contributed by atoms with van der Waals surface area (Å²) in [6.07, 6.45) is 1.90. The lowest BCUT2D eigenvalue weighted by Gasteiger charge is -2.29. The highest BCUT2D eigenvalue weighted by Gasteiger charge is 2.25. The summed E-state index contributed by atoms with van der Waals surface area (Å²) in [6.45, 7) is 4.50. The molecule has 1 aromatic carbocycles. The van der Waals surface area contributed by atoms with Crippen molar-refractivity contribution in [1.82, 2.24) is 10.2 Å². The van der Waals surface area contributed by atoms with Crippen LogP contribution in [0.5, 0.6) is 0 Å². The molecular formula is C15H19F3N2O. The highest BCUT2D eigenvalue weighted by molar-refractivity contribution is 5.94. The molecular weight excluding hydrogens is 281 g/mol. The van der Waals surface area contributed by atoms with Crippen molar-refractivity contribution in [2.24, 2.45) is 5.92 Å². The summed E-state index contributed by atoms with van der Waals surface area (Å²) in [5.74, 6) is -4.54. The van der Waals surface area contributed by atoms with Gasteiger partial charge >= 0.3 is 0 Å². The second-order valence-corrected chi connectivity index (χ2v) is 5.26. The van der Waals surface area contributed by atoms with E-state index in [4.69, 9.17) is 0 Å². The predicted molar refractivity (Wildman–Crippen MR) is 73.5 cm³/mol. The zero-order valence-electron chi connectivity index (χ0n) is 12.0. The summed E-state index contributed by atoms with van der Waals surface area (Å²) in [5, 5.41) is 3.23. The molecule has 1 N–H and O–H groups in total. The van der Waals surface area contributed by atoms with E-state index in [1.165, 1.54) is 4.90 Å². The van der Waals surface area contributed by atoms with Crippen molar-refractivity contribution in [2.45, 2.75) is 19.8 Å². The van der Waals surface area contributed by atoms with Crippen molar-refractivity contribution in [2.75, 3.05) is 26.2 Å². The minimum atomic E-state index is -1.60. The molecule has 2 rings (SSSR count). The van der Waals surface area contributed by atoms with E-state index < -0.39 is 28.9 Å². The number of nitrogens with zero attached hydrogens (tertiary/aromatic N) is 1. The molecule has 0 bridgehead atoms. The fourth-order valence-electron chi connectivity index (χ4n) is 2.59. The van der Waals surface area contributed by atoms with Gasteiger partial charge in [-0.3, -0.25) is 4.79 Å². The Balaban J connectivity index is 2.14. The van der Waals surface area contributed by atoms with Gasteiger partial charge in [0.15, 0.2) is 17.5 Å². The maximum atomic E-state index is 13.7. The summed E-state index contributed by atoms with van der Waals surface area (Å²) in [5.41, 5.74) is -0.412. The average molecular weight is 300 g/mol. The highest BCUT2D eigenvalue weighted by Crippen LogP contribution is 2.19. The second kappa shape index (κ2) is 6.93. The zero-order valence-corrected chi connectivity index (χ0v) is 12.0. The Morgan fingerprint density at radius 1 is 1.24 bits per heavy atom. The Morgan fingerprint density at radius 2 is 1.90 bits per heavy atom. The van der Waals surface area contributed by atoms with Crippen molar-refractivity contribution < 1.29 is 18.0 Å². The monoisotopic (exact) mass is 300 g/mol. The van der Waals surface area contributed by atoms with Crippen LogP contribution in [0.3, 0.4) is 0 Å². The average Bonchev–Trinajstić information content (AvgIpc) is 2.51. The molecule has 1 saturated heterocycles. The number of amides is 1. The molecule has 1 aromatic rings. The first-order valence-corrected chi connectivity index (χ1v) is 7.18. The van der Waals surface area contributed by atoms with Crippen molar-refractivity contribution >= 4 is 5.91 Å². The summed E-state index contributed by atoms with van der Waals surface area (Å²) >= 11 is 0. The smallest absolute Gasteiger partial charge is 0.256 e. The van der Waals surface area contributed by atoms with Crippen LogP contribution in [-0.4, -0.2) is 37.0 Å². The van der Waals surface area contributed by atoms with Crippen LogP contribution in [-0.2, 0) is 0 Å². The lowest BCUT2D eigenvalue weighted by Crippen LogP contribution is -2.39. The molecule has 0 aliphatic carbocycles. The molecule has 1 aliphatic rings. The molecule has 0 aromatic heterocycles. The SMILES string of the molecule is CCN(CC1CCNCC1)C(=O)c1ccc(F)c(F)c1F. The maximum Gasteiger partial charge on any atom is 0.256 e. The third-order valence-corrected chi connectivity index (χ3v) is 3.87. The van der Waals surface area contributed by atoms with E-state index in [1.807, 2.05) is 0 Å². The van der Waals surface area contributed by atoms with Gasteiger partial charge in [0.05, 0.1) is 5.56 Å². The molecule has 116 valence electrons. The van der Waals surface area contributed by atoms with Gasteiger partial charge in [0, 0.05) is 13.1 Å². The van der Waals surface area contributed by atoms with Crippen LogP contribution in [0.25, 0.3) is 0 Å². The molecule has 1 heterocycles. The van der Waals surface area contributed by atoms with Crippen LogP contribution in [0.2, 0.25) is 0 Å². The molecule has 0 radical (unpaired) electrons. The van der Waals surface area contributed by atoms with Crippen LogP contribution < -0.4 is 5.32 Å². The molecule has 1 aliphatic heterocycles. The van der Waals surface area contributed by atoms with Gasteiger partial charge in [-0.15, -0.1) is 0 Å². The molecule has 1 amide bonds. The van der Waals surface area contributed by atoms with Gasteiger partial charge in [-0.1, -0.05) is 0 Å². The third kappa shape index (κ3) is 3.56. The van der Waals surface area contributed by atoms with Crippen molar-refractivity contribution in [3.8, 4) is 0 Å². The summed E-state index contributed by atoms with van der Waals surface area (Å²) in [4.78, 5) is 13.8. The van der Waals surface area contributed by atoms with Crippen molar-refractivity contribution in [3.63, 3.8) is 0 Å². The van der Waals surface area contributed by atoms with E-state index in [0.29, 0.717) is 19.0 Å². The third-order valence-electron chi connectivity index (χ3n) is 3.87. The van der Waals surface area contributed by atoms with Crippen LogP contribution in [0.15, 0.2) is 12.1 Å². The van der Waals surface area contributed by atoms with Gasteiger partial charge in [-0.2, -0.15) is 0 Å². The normalized spacial score (nSPS) is 16.0. The molecule has 21 heavy (non-hydrogen) atoms. The topological polar surface area (TPSA) is 32.3 Å². The number of hydrogen-bond donors (Lipinski definition) is 1. The number of carbonyl (C=O) groups excluding carboxylic acids is 1. The van der Waals surface area contributed by atoms with Crippen molar-refractivity contribution in [1.29, 1.82) is 0 Å². The van der Waals surface area contributed by atoms with E-state index in [2.05, 4.69) is 5.32 Å². The van der Waals surface area contributed by atoms with E-state index in [9.17, 15) is 18.0 Å². The minimum absolute atomic E-state index is 0.350. The van der Waals surface area contributed by atoms with Gasteiger partial charge in [0.1, 0.15) is 0 Å². The largest absolute Gasteiger partial charge is 0.339 e. The van der Waals surface area contributed by atoms with Gasteiger partial charge in [-0.05, 0) is 50.9 Å². The molecule has 0 unspecified atom stereocenters. The Hall–Kier alpha value is -1.56. The van der Waals surface area contributed by atoms with E-state index in [-0.39, 0.29) is 0 Å². The number of benzene rings is 1. The number of hydrogen-bond acceptors (Lipinski definition) is 2. The van der Waals surface area contributed by atoms with Gasteiger partial charge in [0.2, 0.25) is 0 Å². The number of nitrogens with one attached hydrogen (secondary N) is 1. The Morgan fingerprint density at radius 3 is 2.52 bits per heavy atom. The molecule has 0 spiro atoms. The number of piperidine rings is 1. The number of rotatable bonds is 4. The van der Waals surface area contributed by atoms with Crippen LogP contribution >= 0.6 is 0 Å². The van der Waals surface area contributed by atoms with Gasteiger partial charge in [0.25, 0.3) is 5.91 Å². The summed E-state index contributed by atoms with van der Waals surface area (Å²) in [7, 11) is 0. The fourth-order valence-corrected chi connectivity index (χ4v) is 2.59. The molecule has 0 atom stereocenters. The molecule has 6 heteroatoms. The second-order valence-electron chi connectivity index (χ2n) is 5.26. The maximum absolute atomic E-state index is 13.7. The predicted octanol–water partition coefficient (Wildman–Crippen LogP) is 2.57.